The van der Waals surface area contributed by atoms with Gasteiger partial charge in [0.15, 0.2) is 30.9 Å². The van der Waals surface area contributed by atoms with E-state index in [1.165, 1.54) is 0 Å². The molecule has 77 heavy (non-hydrogen) atoms. The van der Waals surface area contributed by atoms with Gasteiger partial charge >= 0.3 is 0 Å². The number of methoxy groups -OCH3 is 1. The Balaban J connectivity index is 0.804. The van der Waals surface area contributed by atoms with Gasteiger partial charge in [0.25, 0.3) is 0 Å². The third-order valence-electron chi connectivity index (χ3n) is 20.4. The highest BCUT2D eigenvalue weighted by atomic mass is 16.8. The Hall–Kier alpha value is -1.00. The predicted octanol–water partition coefficient (Wildman–Crippen LogP) is -4.33. The van der Waals surface area contributed by atoms with E-state index in [0.29, 0.717) is 43.4 Å². The molecule has 0 radical (unpaired) electrons. The first-order valence-electron chi connectivity index (χ1n) is 27.9. The molecular weight excluding hydrogens is 1020 g/mol. The summed E-state index contributed by atoms with van der Waals surface area (Å²) in [6, 6.07) is 0. The summed E-state index contributed by atoms with van der Waals surface area (Å²) in [5, 5.41) is 159. The van der Waals surface area contributed by atoms with Gasteiger partial charge in [-0.25, -0.2) is 0 Å². The van der Waals surface area contributed by atoms with Crippen molar-refractivity contribution in [3.8, 4) is 0 Å². The number of hydrogen-bond donors (Lipinski definition) is 15. The van der Waals surface area contributed by atoms with Gasteiger partial charge in [-0.3, -0.25) is 0 Å². The maximum atomic E-state index is 12.0. The second-order valence-electron chi connectivity index (χ2n) is 24.6. The maximum absolute atomic E-state index is 12.0. The average molecular weight is 1110 g/mol. The van der Waals surface area contributed by atoms with E-state index < -0.39 is 167 Å². The zero-order valence-corrected chi connectivity index (χ0v) is 44.5. The second-order valence-corrected chi connectivity index (χ2v) is 24.6. The van der Waals surface area contributed by atoms with Crippen molar-refractivity contribution in [3.05, 3.63) is 0 Å². The van der Waals surface area contributed by atoms with Crippen LogP contribution in [0.2, 0.25) is 0 Å². The van der Waals surface area contributed by atoms with Crippen molar-refractivity contribution in [2.75, 3.05) is 40.1 Å². The van der Waals surface area contributed by atoms with Crippen LogP contribution >= 0.6 is 0 Å². The van der Waals surface area contributed by atoms with Crippen molar-refractivity contribution in [2.24, 2.45) is 52.3 Å². The molecule has 9 aliphatic rings. The van der Waals surface area contributed by atoms with Gasteiger partial charge in [0, 0.05) is 19.4 Å². The molecule has 0 bridgehead atoms. The number of aliphatic hydroxyl groups excluding tert-OH is 15. The van der Waals surface area contributed by atoms with Crippen LogP contribution in [0.3, 0.4) is 0 Å². The minimum Gasteiger partial charge on any atom is -0.394 e. The molecule has 5 saturated heterocycles. The van der Waals surface area contributed by atoms with Crippen LogP contribution in [0.15, 0.2) is 0 Å². The fourth-order valence-corrected chi connectivity index (χ4v) is 16.0. The molecule has 5 heterocycles. The number of rotatable bonds is 17. The van der Waals surface area contributed by atoms with Crippen molar-refractivity contribution < 1.29 is 124 Å². The first kappa shape index (κ1) is 60.6. The molecular formula is C52H88O25. The van der Waals surface area contributed by atoms with Crippen LogP contribution in [-0.4, -0.2) is 264 Å². The standard InChI is InChI=1S/C52H88O25/c1-20(19-69-46-41(65)37(61)34(58)29(15-53)71-46)8-11-52(68-5)21(2)33-28(77-52)13-25-23-7-6-22-12-27(26(57)14-51(22,4)24(23)9-10-50(25,33)3)70-47-43(67)40(64)44(32(18-56)74-47)75-49-45(39(63)36(60)31(17-55)73-49)76-48-42(66)38(62)35(59)30(16-54)72-48/h20-49,53-67H,6-19H2,1-5H3. The average Bonchev–Trinajstić information content (AvgIpc) is 4.13. The molecule has 33 unspecified atom stereocenters. The Morgan fingerprint density at radius 1 is 0.558 bits per heavy atom. The topological polar surface area (TPSA) is 396 Å². The zero-order chi connectivity index (χ0) is 55.8. The minimum absolute atomic E-state index is 0.0110. The number of hydrogen-bond acceptors (Lipinski definition) is 25. The molecule has 25 nitrogen and oxygen atoms in total. The molecule has 0 aromatic heterocycles. The Kier molecular flexibility index (Phi) is 18.8. The number of aliphatic hydroxyl groups is 15. The molecule has 4 aliphatic carbocycles. The molecule has 0 aromatic rings. The van der Waals surface area contributed by atoms with Gasteiger partial charge < -0.3 is 124 Å². The lowest BCUT2D eigenvalue weighted by atomic mass is 9.44. The quantitative estimate of drug-likeness (QED) is 0.0612. The van der Waals surface area contributed by atoms with Crippen LogP contribution in [0.4, 0.5) is 0 Å². The van der Waals surface area contributed by atoms with Crippen molar-refractivity contribution >= 4 is 0 Å². The van der Waals surface area contributed by atoms with Gasteiger partial charge in [0.05, 0.1) is 51.3 Å². The Labute approximate surface area is 447 Å². The zero-order valence-electron chi connectivity index (χ0n) is 44.5. The summed E-state index contributed by atoms with van der Waals surface area (Å²) in [4.78, 5) is 0. The van der Waals surface area contributed by atoms with Crippen molar-refractivity contribution in [3.63, 3.8) is 0 Å². The molecule has 25 heteroatoms. The first-order chi connectivity index (χ1) is 36.5. The normalized spacial score (nSPS) is 55.2. The molecule has 0 spiro atoms. The highest BCUT2D eigenvalue weighted by Crippen LogP contribution is 2.71. The Bertz CT molecular complexity index is 1920. The largest absolute Gasteiger partial charge is 0.394 e. The van der Waals surface area contributed by atoms with E-state index in [1.807, 2.05) is 6.92 Å². The summed E-state index contributed by atoms with van der Waals surface area (Å²) in [7, 11) is 1.70. The van der Waals surface area contributed by atoms with Crippen molar-refractivity contribution in [1.82, 2.24) is 0 Å². The second kappa shape index (κ2) is 23.9. The van der Waals surface area contributed by atoms with Gasteiger partial charge in [0.2, 0.25) is 0 Å². The number of fused-ring (bicyclic) bond motifs is 7. The van der Waals surface area contributed by atoms with Crippen LogP contribution in [0, 0.1) is 52.3 Å². The van der Waals surface area contributed by atoms with E-state index in [-0.39, 0.29) is 47.2 Å². The summed E-state index contributed by atoms with van der Waals surface area (Å²) in [5.74, 6) is 0.730. The van der Waals surface area contributed by atoms with Crippen molar-refractivity contribution in [2.45, 2.75) is 232 Å². The van der Waals surface area contributed by atoms with Crippen LogP contribution in [-0.2, 0) is 47.4 Å². The van der Waals surface area contributed by atoms with Gasteiger partial charge in [-0.1, -0.05) is 27.7 Å². The van der Waals surface area contributed by atoms with E-state index in [4.69, 9.17) is 47.4 Å². The fourth-order valence-electron chi connectivity index (χ4n) is 16.0. The van der Waals surface area contributed by atoms with Crippen LogP contribution in [0.1, 0.15) is 85.5 Å². The van der Waals surface area contributed by atoms with E-state index in [2.05, 4.69) is 20.8 Å². The molecule has 0 aromatic carbocycles. The molecule has 4 saturated carbocycles. The van der Waals surface area contributed by atoms with E-state index in [1.54, 1.807) is 7.11 Å². The Morgan fingerprint density at radius 2 is 1.09 bits per heavy atom. The van der Waals surface area contributed by atoms with Gasteiger partial charge in [0.1, 0.15) is 97.7 Å². The lowest BCUT2D eigenvalue weighted by Crippen LogP contribution is -2.67. The summed E-state index contributed by atoms with van der Waals surface area (Å²) < 4.78 is 60.0. The summed E-state index contributed by atoms with van der Waals surface area (Å²) >= 11 is 0. The van der Waals surface area contributed by atoms with Crippen LogP contribution in [0.5, 0.6) is 0 Å². The molecule has 0 amide bonds. The van der Waals surface area contributed by atoms with E-state index >= 15 is 0 Å². The summed E-state index contributed by atoms with van der Waals surface area (Å²) in [6.45, 7) is 6.18. The lowest BCUT2D eigenvalue weighted by Gasteiger charge is -2.62. The number of ether oxygens (including phenoxy) is 10. The van der Waals surface area contributed by atoms with Crippen LogP contribution < -0.4 is 0 Å². The first-order valence-corrected chi connectivity index (χ1v) is 27.9. The molecule has 9 fully saturated rings. The van der Waals surface area contributed by atoms with Gasteiger partial charge in [-0.2, -0.15) is 0 Å². The predicted molar refractivity (Wildman–Crippen MR) is 258 cm³/mol. The smallest absolute Gasteiger partial charge is 0.187 e. The van der Waals surface area contributed by atoms with E-state index in [0.717, 1.165) is 32.1 Å². The third kappa shape index (κ3) is 10.8. The summed E-state index contributed by atoms with van der Waals surface area (Å²) in [5.41, 5.74) is -0.261. The maximum Gasteiger partial charge on any atom is 0.187 e. The van der Waals surface area contributed by atoms with Crippen LogP contribution in [0.25, 0.3) is 0 Å². The molecule has 9 rings (SSSR count). The van der Waals surface area contributed by atoms with Gasteiger partial charge in [-0.15, -0.1) is 0 Å². The molecule has 5 aliphatic heterocycles. The SMILES string of the molecule is COC1(CCC(C)COC2OC(CO)C(O)C(O)C2O)OC2CC3C4CCC5CC(OC6OC(CO)C(OC7OC(CO)C(O)C(O)C7OC7OC(CO)C(O)C(O)C7O)C(O)C6O)C(O)CC5(C)C4CCC3(C)C2C1C. The molecule has 446 valence electrons. The third-order valence-corrected chi connectivity index (χ3v) is 20.4. The minimum atomic E-state index is -1.93. The lowest BCUT2D eigenvalue weighted by molar-refractivity contribution is -0.391. The highest BCUT2D eigenvalue weighted by molar-refractivity contribution is 5.16. The molecule has 15 N–H and O–H groups in total. The van der Waals surface area contributed by atoms with Crippen molar-refractivity contribution in [1.29, 1.82) is 0 Å². The summed E-state index contributed by atoms with van der Waals surface area (Å²) in [6.07, 6.45) is -27.6. The molecule has 33 atom stereocenters. The van der Waals surface area contributed by atoms with E-state index in [9.17, 15) is 76.6 Å². The fraction of sp³-hybridized carbons (Fsp3) is 1.00. The van der Waals surface area contributed by atoms with Gasteiger partial charge in [-0.05, 0) is 97.7 Å². The highest BCUT2D eigenvalue weighted by Gasteiger charge is 2.69. The monoisotopic (exact) mass is 1110 g/mol. The Morgan fingerprint density at radius 3 is 1.71 bits per heavy atom.